The lowest BCUT2D eigenvalue weighted by atomic mass is 9.99. The molecular formula is C25H28N2O2. The zero-order chi connectivity index (χ0) is 20.3. The van der Waals surface area contributed by atoms with Gasteiger partial charge in [-0.2, -0.15) is 5.10 Å². The molecule has 0 saturated heterocycles. The van der Waals surface area contributed by atoms with Gasteiger partial charge in [-0.15, -0.1) is 0 Å². The monoisotopic (exact) mass is 388 g/mol. The van der Waals surface area contributed by atoms with Gasteiger partial charge in [-0.1, -0.05) is 54.6 Å². The lowest BCUT2D eigenvalue weighted by Gasteiger charge is -2.10. The van der Waals surface area contributed by atoms with E-state index in [1.54, 1.807) is 6.20 Å². The van der Waals surface area contributed by atoms with Gasteiger partial charge in [0.05, 0.1) is 13.7 Å². The molecule has 2 aromatic carbocycles. The van der Waals surface area contributed by atoms with Crippen molar-refractivity contribution >= 4 is 12.0 Å². The number of benzene rings is 2. The number of aromatic nitrogens is 2. The van der Waals surface area contributed by atoms with Gasteiger partial charge in [0.25, 0.3) is 0 Å². The van der Waals surface area contributed by atoms with Gasteiger partial charge < -0.3 is 4.74 Å². The minimum absolute atomic E-state index is 0.177. The van der Waals surface area contributed by atoms with Crippen LogP contribution in [0, 0.1) is 0 Å². The van der Waals surface area contributed by atoms with E-state index in [1.165, 1.54) is 29.4 Å². The number of esters is 1. The Morgan fingerprint density at radius 3 is 2.69 bits per heavy atom. The van der Waals surface area contributed by atoms with Crippen LogP contribution < -0.4 is 0 Å². The molecule has 0 amide bonds. The maximum absolute atomic E-state index is 11.6. The summed E-state index contributed by atoms with van der Waals surface area (Å²) in [6.45, 7) is 0.735. The van der Waals surface area contributed by atoms with E-state index in [9.17, 15) is 4.79 Å². The van der Waals surface area contributed by atoms with Gasteiger partial charge >= 0.3 is 5.97 Å². The number of hydrogen-bond donors (Lipinski definition) is 0. The van der Waals surface area contributed by atoms with Crippen LogP contribution >= 0.6 is 0 Å². The maximum Gasteiger partial charge on any atom is 0.305 e. The van der Waals surface area contributed by atoms with Gasteiger partial charge in [-0.3, -0.25) is 9.48 Å². The van der Waals surface area contributed by atoms with Crippen LogP contribution in [-0.2, 0) is 28.9 Å². The summed E-state index contributed by atoms with van der Waals surface area (Å²) in [4.78, 5) is 11.6. The van der Waals surface area contributed by atoms with Crippen LogP contribution in [0.3, 0.4) is 0 Å². The van der Waals surface area contributed by atoms with E-state index in [-0.39, 0.29) is 5.97 Å². The predicted molar refractivity (Wildman–Crippen MR) is 117 cm³/mol. The van der Waals surface area contributed by atoms with Crippen LogP contribution in [0.2, 0.25) is 0 Å². The van der Waals surface area contributed by atoms with Crippen LogP contribution in [-0.4, -0.2) is 22.9 Å². The van der Waals surface area contributed by atoms with Gasteiger partial charge in [0, 0.05) is 18.8 Å². The Kier molecular flexibility index (Phi) is 7.81. The molecule has 4 nitrogen and oxygen atoms in total. The van der Waals surface area contributed by atoms with Gasteiger partial charge in [-0.05, 0) is 60.1 Å². The topological polar surface area (TPSA) is 44.1 Å². The summed E-state index contributed by atoms with van der Waals surface area (Å²) < 4.78 is 6.71. The van der Waals surface area contributed by atoms with E-state index < -0.39 is 0 Å². The van der Waals surface area contributed by atoms with Crippen molar-refractivity contribution in [3.63, 3.8) is 0 Å². The molecule has 0 saturated carbocycles. The van der Waals surface area contributed by atoms with E-state index >= 15 is 0 Å². The molecule has 1 aromatic heterocycles. The van der Waals surface area contributed by atoms with Crippen molar-refractivity contribution in [2.24, 2.45) is 0 Å². The summed E-state index contributed by atoms with van der Waals surface area (Å²) in [6.07, 6.45) is 12.5. The van der Waals surface area contributed by atoms with Crippen LogP contribution in [0.4, 0.5) is 0 Å². The Balaban J connectivity index is 1.65. The largest absolute Gasteiger partial charge is 0.469 e. The van der Waals surface area contributed by atoms with Crippen molar-refractivity contribution in [2.45, 2.75) is 38.6 Å². The highest BCUT2D eigenvalue weighted by Crippen LogP contribution is 2.18. The van der Waals surface area contributed by atoms with Crippen molar-refractivity contribution < 1.29 is 9.53 Å². The number of rotatable bonds is 10. The summed E-state index contributed by atoms with van der Waals surface area (Å²) in [5.41, 5.74) is 4.90. The first-order valence-corrected chi connectivity index (χ1v) is 10.1. The number of ether oxygens (including phenoxy) is 1. The van der Waals surface area contributed by atoms with E-state index in [0.717, 1.165) is 25.8 Å². The molecule has 0 fully saturated rings. The van der Waals surface area contributed by atoms with Gasteiger partial charge in [0.1, 0.15) is 0 Å². The second-order valence-corrected chi connectivity index (χ2v) is 7.09. The Bertz CT molecular complexity index is 915. The molecule has 0 aliphatic rings. The lowest BCUT2D eigenvalue weighted by molar-refractivity contribution is -0.140. The number of unbranched alkanes of at least 4 members (excludes halogenated alkanes) is 1. The first-order chi connectivity index (χ1) is 14.2. The first kappa shape index (κ1) is 20.6. The van der Waals surface area contributed by atoms with E-state index in [0.29, 0.717) is 12.8 Å². The minimum Gasteiger partial charge on any atom is -0.469 e. The smallest absolute Gasteiger partial charge is 0.305 e. The fourth-order valence-electron chi connectivity index (χ4n) is 3.32. The van der Waals surface area contributed by atoms with E-state index in [2.05, 4.69) is 65.8 Å². The molecule has 0 aliphatic carbocycles. The van der Waals surface area contributed by atoms with Gasteiger partial charge in [0.15, 0.2) is 0 Å². The molecular weight excluding hydrogens is 360 g/mol. The molecule has 0 unspecified atom stereocenters. The molecule has 0 spiro atoms. The van der Waals surface area contributed by atoms with E-state index in [4.69, 9.17) is 4.74 Å². The number of hydrogen-bond acceptors (Lipinski definition) is 3. The van der Waals surface area contributed by atoms with Crippen molar-refractivity contribution in [2.75, 3.05) is 7.11 Å². The zero-order valence-corrected chi connectivity index (χ0v) is 17.0. The summed E-state index contributed by atoms with van der Waals surface area (Å²) in [6, 6.07) is 18.9. The van der Waals surface area contributed by atoms with Crippen LogP contribution in [0.1, 0.15) is 41.5 Å². The summed E-state index contributed by atoms with van der Waals surface area (Å²) >= 11 is 0. The van der Waals surface area contributed by atoms with E-state index in [1.807, 2.05) is 16.9 Å². The van der Waals surface area contributed by atoms with Crippen LogP contribution in [0.5, 0.6) is 0 Å². The number of carbonyl (C=O) groups is 1. The third-order valence-corrected chi connectivity index (χ3v) is 4.92. The van der Waals surface area contributed by atoms with Gasteiger partial charge in [-0.25, -0.2) is 0 Å². The molecule has 0 atom stereocenters. The average Bonchev–Trinajstić information content (AvgIpc) is 3.26. The maximum atomic E-state index is 11.6. The number of allylic oxidation sites excluding steroid dienone is 1. The quantitative estimate of drug-likeness (QED) is 0.360. The molecule has 0 N–H and O–H groups in total. The molecule has 29 heavy (non-hydrogen) atoms. The summed E-state index contributed by atoms with van der Waals surface area (Å²) in [5.74, 6) is -0.177. The zero-order valence-electron chi connectivity index (χ0n) is 17.0. The summed E-state index contributed by atoms with van der Waals surface area (Å²) in [5, 5.41) is 4.29. The van der Waals surface area contributed by atoms with Crippen molar-refractivity contribution in [3.05, 3.63) is 95.3 Å². The fourth-order valence-corrected chi connectivity index (χ4v) is 3.32. The summed E-state index contributed by atoms with van der Waals surface area (Å²) in [7, 11) is 1.43. The molecule has 0 radical (unpaired) electrons. The first-order valence-electron chi connectivity index (χ1n) is 10.1. The fraction of sp³-hybridized carbons (Fsp3) is 0.280. The highest BCUT2D eigenvalue weighted by molar-refractivity contribution is 5.70. The van der Waals surface area contributed by atoms with Crippen molar-refractivity contribution in [1.29, 1.82) is 0 Å². The number of nitrogens with zero attached hydrogens (tertiary/aromatic N) is 2. The Morgan fingerprint density at radius 2 is 1.93 bits per heavy atom. The standard InChI is InChI=1S/C25H28N2O2/c1-29-25(28)16-15-23-14-13-22(20-27-18-8-17-26-27)19-24(23)12-7-3-6-11-21-9-4-2-5-10-21/h2,4-5,7-10,12-14,17-19H,3,6,11,15-16,20H2,1H3/b12-7+. The minimum atomic E-state index is -0.177. The average molecular weight is 389 g/mol. The third-order valence-electron chi connectivity index (χ3n) is 4.92. The number of aryl methyl sites for hydroxylation is 2. The highest BCUT2D eigenvalue weighted by atomic mass is 16.5. The third kappa shape index (κ3) is 6.75. The molecule has 3 aromatic rings. The second-order valence-electron chi connectivity index (χ2n) is 7.09. The second kappa shape index (κ2) is 11.0. The molecule has 0 aliphatic heterocycles. The Hall–Kier alpha value is -3.14. The molecule has 3 rings (SSSR count). The van der Waals surface area contributed by atoms with Crippen molar-refractivity contribution in [1.82, 2.24) is 9.78 Å². The van der Waals surface area contributed by atoms with Crippen LogP contribution in [0.15, 0.2) is 73.1 Å². The van der Waals surface area contributed by atoms with Crippen molar-refractivity contribution in [3.8, 4) is 0 Å². The molecule has 1 heterocycles. The lowest BCUT2D eigenvalue weighted by Crippen LogP contribution is -2.04. The van der Waals surface area contributed by atoms with Crippen LogP contribution in [0.25, 0.3) is 6.08 Å². The Labute approximate surface area is 172 Å². The number of carbonyl (C=O) groups excluding carboxylic acids is 1. The highest BCUT2D eigenvalue weighted by Gasteiger charge is 2.07. The molecule has 4 heteroatoms. The molecule has 150 valence electrons. The SMILES string of the molecule is COC(=O)CCc1ccc(Cn2cccn2)cc1/C=C/CCCc1ccccc1. The molecule has 0 bridgehead atoms. The predicted octanol–water partition coefficient (Wildman–Crippen LogP) is 5.07. The van der Waals surface area contributed by atoms with Gasteiger partial charge in [0.2, 0.25) is 0 Å². The normalized spacial score (nSPS) is 11.1. The number of methoxy groups -OCH3 is 1. The Morgan fingerprint density at radius 1 is 1.07 bits per heavy atom.